The Morgan fingerprint density at radius 3 is 2.52 bits per heavy atom. The first kappa shape index (κ1) is 18.6. The van der Waals surface area contributed by atoms with Gasteiger partial charge in [0, 0.05) is 11.6 Å². The highest BCUT2D eigenvalue weighted by atomic mass is 32.1. The third-order valence-electron chi connectivity index (χ3n) is 3.54. The topological polar surface area (TPSA) is 98.5 Å². The fraction of sp³-hybridized carbons (Fsp3) is 0.294. The number of thiophene rings is 1. The SMILES string of the molecule is Cc1cc(OC(=O)C(NC(=O)c2cccs2)C(C)C)ccc1[N+](=O)[O-]. The Balaban J connectivity index is 2.11. The van der Waals surface area contributed by atoms with Gasteiger partial charge in [0.2, 0.25) is 0 Å². The molecule has 0 saturated carbocycles. The van der Waals surface area contributed by atoms with Crippen LogP contribution in [0.5, 0.6) is 5.75 Å². The predicted octanol–water partition coefficient (Wildman–Crippen LogP) is 3.32. The first-order chi connectivity index (χ1) is 11.8. The van der Waals surface area contributed by atoms with E-state index in [9.17, 15) is 19.7 Å². The van der Waals surface area contributed by atoms with Crippen LogP contribution in [-0.4, -0.2) is 22.8 Å². The normalized spacial score (nSPS) is 11.8. The maximum absolute atomic E-state index is 12.4. The molecule has 0 saturated heterocycles. The zero-order chi connectivity index (χ0) is 18.6. The number of nitrogens with one attached hydrogen (secondary N) is 1. The van der Waals surface area contributed by atoms with Crippen LogP contribution in [0.2, 0.25) is 0 Å². The first-order valence-electron chi connectivity index (χ1n) is 7.60. The maximum Gasteiger partial charge on any atom is 0.334 e. The smallest absolute Gasteiger partial charge is 0.334 e. The second-order valence-electron chi connectivity index (χ2n) is 5.80. The van der Waals surface area contributed by atoms with Crippen LogP contribution in [-0.2, 0) is 4.79 Å². The lowest BCUT2D eigenvalue weighted by atomic mass is 10.0. The van der Waals surface area contributed by atoms with E-state index in [1.165, 1.54) is 29.5 Å². The Morgan fingerprint density at radius 2 is 2.00 bits per heavy atom. The minimum Gasteiger partial charge on any atom is -0.425 e. The van der Waals surface area contributed by atoms with Crippen molar-refractivity contribution in [3.63, 3.8) is 0 Å². The zero-order valence-electron chi connectivity index (χ0n) is 14.0. The van der Waals surface area contributed by atoms with Gasteiger partial charge >= 0.3 is 5.97 Å². The molecule has 8 heteroatoms. The highest BCUT2D eigenvalue weighted by molar-refractivity contribution is 7.12. The Labute approximate surface area is 148 Å². The monoisotopic (exact) mass is 362 g/mol. The number of hydrogen-bond acceptors (Lipinski definition) is 6. The van der Waals surface area contributed by atoms with E-state index in [0.717, 1.165) is 0 Å². The van der Waals surface area contributed by atoms with Crippen LogP contribution in [0, 0.1) is 23.0 Å². The Kier molecular flexibility index (Phi) is 5.87. The van der Waals surface area contributed by atoms with Crippen LogP contribution >= 0.6 is 11.3 Å². The van der Waals surface area contributed by atoms with Gasteiger partial charge in [-0.2, -0.15) is 0 Å². The third kappa shape index (κ3) is 4.63. The van der Waals surface area contributed by atoms with Crippen LogP contribution in [0.1, 0.15) is 29.1 Å². The molecule has 0 spiro atoms. The van der Waals surface area contributed by atoms with Gasteiger partial charge in [0.25, 0.3) is 11.6 Å². The second-order valence-corrected chi connectivity index (χ2v) is 6.75. The van der Waals surface area contributed by atoms with Crippen LogP contribution < -0.4 is 10.1 Å². The van der Waals surface area contributed by atoms with Crippen molar-refractivity contribution in [2.24, 2.45) is 5.92 Å². The number of nitro groups is 1. The number of carbonyl (C=O) groups excluding carboxylic acids is 2. The third-order valence-corrected chi connectivity index (χ3v) is 4.40. The van der Waals surface area contributed by atoms with E-state index in [0.29, 0.717) is 10.4 Å². The van der Waals surface area contributed by atoms with Gasteiger partial charge in [-0.05, 0) is 36.4 Å². The molecule has 0 aliphatic carbocycles. The Morgan fingerprint density at radius 1 is 1.28 bits per heavy atom. The first-order valence-corrected chi connectivity index (χ1v) is 8.48. The summed E-state index contributed by atoms with van der Waals surface area (Å²) in [6.45, 7) is 5.15. The highest BCUT2D eigenvalue weighted by Crippen LogP contribution is 2.23. The zero-order valence-corrected chi connectivity index (χ0v) is 14.8. The van der Waals surface area contributed by atoms with E-state index in [-0.39, 0.29) is 23.3 Å². The molecule has 1 atom stereocenters. The second kappa shape index (κ2) is 7.89. The summed E-state index contributed by atoms with van der Waals surface area (Å²) < 4.78 is 5.30. The number of nitrogens with zero attached hydrogens (tertiary/aromatic N) is 1. The lowest BCUT2D eigenvalue weighted by molar-refractivity contribution is -0.385. The number of carbonyl (C=O) groups is 2. The Bertz CT molecular complexity index is 786. The van der Waals surface area contributed by atoms with Gasteiger partial charge in [-0.1, -0.05) is 19.9 Å². The lowest BCUT2D eigenvalue weighted by Gasteiger charge is -2.20. The Hall–Kier alpha value is -2.74. The molecule has 132 valence electrons. The summed E-state index contributed by atoms with van der Waals surface area (Å²) >= 11 is 1.28. The molecule has 25 heavy (non-hydrogen) atoms. The average molecular weight is 362 g/mol. The van der Waals surface area contributed by atoms with Gasteiger partial charge in [0.05, 0.1) is 9.80 Å². The van der Waals surface area contributed by atoms with Crippen molar-refractivity contribution >= 4 is 28.9 Å². The molecule has 0 fully saturated rings. The molecule has 2 rings (SSSR count). The summed E-state index contributed by atoms with van der Waals surface area (Å²) in [7, 11) is 0. The van der Waals surface area contributed by atoms with Gasteiger partial charge in [-0.3, -0.25) is 14.9 Å². The number of rotatable bonds is 6. The molecular weight excluding hydrogens is 344 g/mol. The van der Waals surface area contributed by atoms with Crippen molar-refractivity contribution in [2.75, 3.05) is 0 Å². The molecule has 1 N–H and O–H groups in total. The molecule has 7 nitrogen and oxygen atoms in total. The molecule has 1 aromatic carbocycles. The summed E-state index contributed by atoms with van der Waals surface area (Å²) in [4.78, 5) is 35.4. The largest absolute Gasteiger partial charge is 0.425 e. The summed E-state index contributed by atoms with van der Waals surface area (Å²) in [5.74, 6) is -0.946. The number of amides is 1. The van der Waals surface area contributed by atoms with E-state index < -0.39 is 16.9 Å². The van der Waals surface area contributed by atoms with E-state index in [1.807, 2.05) is 0 Å². The van der Waals surface area contributed by atoms with Crippen molar-refractivity contribution < 1.29 is 19.2 Å². The van der Waals surface area contributed by atoms with Crippen molar-refractivity contribution in [2.45, 2.75) is 26.8 Å². The van der Waals surface area contributed by atoms with Gasteiger partial charge < -0.3 is 10.1 Å². The fourth-order valence-electron chi connectivity index (χ4n) is 2.19. The van der Waals surface area contributed by atoms with Crippen LogP contribution in [0.25, 0.3) is 0 Å². The molecule has 0 bridgehead atoms. The van der Waals surface area contributed by atoms with E-state index in [4.69, 9.17) is 4.74 Å². The van der Waals surface area contributed by atoms with Gasteiger partial charge in [-0.15, -0.1) is 11.3 Å². The van der Waals surface area contributed by atoms with Gasteiger partial charge in [-0.25, -0.2) is 4.79 Å². The van der Waals surface area contributed by atoms with Crippen molar-refractivity contribution in [3.05, 3.63) is 56.3 Å². The number of benzene rings is 1. The van der Waals surface area contributed by atoms with E-state index in [2.05, 4.69) is 5.32 Å². The predicted molar refractivity (Wildman–Crippen MR) is 93.9 cm³/mol. The molecule has 0 aliphatic heterocycles. The highest BCUT2D eigenvalue weighted by Gasteiger charge is 2.27. The summed E-state index contributed by atoms with van der Waals surface area (Å²) in [6.07, 6.45) is 0. The number of aryl methyl sites for hydroxylation is 1. The summed E-state index contributed by atoms with van der Waals surface area (Å²) in [6, 6.07) is 6.66. The van der Waals surface area contributed by atoms with Crippen molar-refractivity contribution in [1.29, 1.82) is 0 Å². The quantitative estimate of drug-likeness (QED) is 0.368. The van der Waals surface area contributed by atoms with Crippen LogP contribution in [0.3, 0.4) is 0 Å². The van der Waals surface area contributed by atoms with Gasteiger partial charge in [0.15, 0.2) is 0 Å². The van der Waals surface area contributed by atoms with Crippen LogP contribution in [0.15, 0.2) is 35.7 Å². The van der Waals surface area contributed by atoms with E-state index >= 15 is 0 Å². The maximum atomic E-state index is 12.4. The van der Waals surface area contributed by atoms with Crippen molar-refractivity contribution in [3.8, 4) is 5.75 Å². The molecule has 1 unspecified atom stereocenters. The molecular formula is C17H18N2O5S. The molecule has 0 radical (unpaired) electrons. The lowest BCUT2D eigenvalue weighted by Crippen LogP contribution is -2.46. The number of nitro benzene ring substituents is 1. The van der Waals surface area contributed by atoms with Gasteiger partial charge in [0.1, 0.15) is 11.8 Å². The minimum atomic E-state index is -0.829. The molecule has 1 amide bonds. The number of esters is 1. The summed E-state index contributed by atoms with van der Waals surface area (Å²) in [5.41, 5.74) is 0.338. The van der Waals surface area contributed by atoms with Crippen molar-refractivity contribution in [1.82, 2.24) is 5.32 Å². The standard InChI is InChI=1S/C17H18N2O5S/c1-10(2)15(18-16(20)14-5-4-8-25-14)17(21)24-12-6-7-13(19(22)23)11(3)9-12/h4-10,15H,1-3H3,(H,18,20). The number of ether oxygens (including phenoxy) is 1. The van der Waals surface area contributed by atoms with Crippen LogP contribution in [0.4, 0.5) is 5.69 Å². The van der Waals surface area contributed by atoms with E-state index in [1.54, 1.807) is 38.3 Å². The number of hydrogen-bond donors (Lipinski definition) is 1. The fourth-order valence-corrected chi connectivity index (χ4v) is 2.82. The molecule has 1 aromatic heterocycles. The molecule has 2 aromatic rings. The minimum absolute atomic E-state index is 0.0498. The summed E-state index contributed by atoms with van der Waals surface area (Å²) in [5, 5.41) is 15.3. The average Bonchev–Trinajstić information content (AvgIpc) is 3.06. The molecule has 1 heterocycles. The molecule has 0 aliphatic rings.